The molecule has 0 saturated heterocycles. The van der Waals surface area contributed by atoms with Gasteiger partial charge in [-0.3, -0.25) is 9.99 Å². The maximum atomic E-state index is 13.8. The van der Waals surface area contributed by atoms with Gasteiger partial charge in [0.1, 0.15) is 0 Å². The first-order chi connectivity index (χ1) is 12.6. The third kappa shape index (κ3) is 4.59. The lowest BCUT2D eigenvalue weighted by Crippen LogP contribution is -2.42. The maximum absolute atomic E-state index is 13.8. The van der Waals surface area contributed by atoms with Gasteiger partial charge in [-0.15, -0.1) is 0 Å². The lowest BCUT2D eigenvalue weighted by atomic mass is 10.3. The van der Waals surface area contributed by atoms with Crippen molar-refractivity contribution in [3.05, 3.63) is 89.4 Å². The second-order valence-electron chi connectivity index (χ2n) is 5.48. The zero-order valence-electron chi connectivity index (χ0n) is 13.7. The molecule has 3 N–H and O–H groups in total. The Bertz CT molecular complexity index is 894. The van der Waals surface area contributed by atoms with Crippen molar-refractivity contribution in [3.63, 3.8) is 0 Å². The SMILES string of the molecule is O=P(NNC(=S)Nc1cccc(Br)c1)(c1ccccc1)c1ccccc1. The summed E-state index contributed by atoms with van der Waals surface area (Å²) in [5.41, 5.74) is 3.71. The summed E-state index contributed by atoms with van der Waals surface area (Å²) in [6.45, 7) is 0. The molecule has 0 fully saturated rings. The van der Waals surface area contributed by atoms with E-state index in [2.05, 4.69) is 31.9 Å². The van der Waals surface area contributed by atoms with Gasteiger partial charge < -0.3 is 5.32 Å². The molecule has 26 heavy (non-hydrogen) atoms. The highest BCUT2D eigenvalue weighted by Crippen LogP contribution is 2.37. The van der Waals surface area contributed by atoms with Crippen LogP contribution in [0.3, 0.4) is 0 Å². The Labute approximate surface area is 166 Å². The smallest absolute Gasteiger partial charge is 0.221 e. The van der Waals surface area contributed by atoms with Crippen LogP contribution in [0.2, 0.25) is 0 Å². The second kappa shape index (κ2) is 8.60. The first-order valence-corrected chi connectivity index (χ1v) is 10.8. The Kier molecular flexibility index (Phi) is 6.22. The molecule has 3 aromatic carbocycles. The molecule has 0 atom stereocenters. The Morgan fingerprint density at radius 3 is 1.96 bits per heavy atom. The predicted octanol–water partition coefficient (Wildman–Crippen LogP) is 4.17. The number of thiocarbonyl (C=S) groups is 1. The van der Waals surface area contributed by atoms with Gasteiger partial charge >= 0.3 is 0 Å². The van der Waals surface area contributed by atoms with Crippen LogP contribution in [0.25, 0.3) is 0 Å². The minimum atomic E-state index is -3.09. The Morgan fingerprint density at radius 1 is 0.846 bits per heavy atom. The molecule has 0 saturated carbocycles. The fourth-order valence-corrected chi connectivity index (χ4v) is 5.07. The summed E-state index contributed by atoms with van der Waals surface area (Å²) in [6, 6.07) is 26.2. The zero-order valence-corrected chi connectivity index (χ0v) is 17.0. The van der Waals surface area contributed by atoms with Crippen LogP contribution < -0.4 is 26.5 Å². The fraction of sp³-hybridized carbons (Fsp3) is 0. The van der Waals surface area contributed by atoms with E-state index in [1.165, 1.54) is 0 Å². The summed E-state index contributed by atoms with van der Waals surface area (Å²) >= 11 is 8.75. The van der Waals surface area contributed by atoms with E-state index in [9.17, 15) is 4.57 Å². The second-order valence-corrected chi connectivity index (χ2v) is 9.28. The Morgan fingerprint density at radius 2 is 1.42 bits per heavy atom. The Hall–Kier alpha value is -1.98. The van der Waals surface area contributed by atoms with Gasteiger partial charge in [0.15, 0.2) is 5.11 Å². The van der Waals surface area contributed by atoms with Gasteiger partial charge in [0, 0.05) is 20.8 Å². The normalized spacial score (nSPS) is 11.0. The van der Waals surface area contributed by atoms with E-state index in [4.69, 9.17) is 12.2 Å². The molecule has 0 bridgehead atoms. The zero-order chi connectivity index (χ0) is 18.4. The minimum absolute atomic E-state index is 0.329. The average molecular weight is 446 g/mol. The number of nitrogens with one attached hydrogen (secondary N) is 3. The summed E-state index contributed by atoms with van der Waals surface area (Å²) in [7, 11) is -3.09. The van der Waals surface area contributed by atoms with E-state index in [0.717, 1.165) is 10.2 Å². The van der Waals surface area contributed by atoms with E-state index in [1.54, 1.807) is 0 Å². The van der Waals surface area contributed by atoms with Crippen LogP contribution in [-0.4, -0.2) is 5.11 Å². The van der Waals surface area contributed by atoms with Crippen molar-refractivity contribution in [2.75, 3.05) is 5.32 Å². The summed E-state index contributed by atoms with van der Waals surface area (Å²) < 4.78 is 14.7. The molecular formula is C19H17BrN3OPS. The van der Waals surface area contributed by atoms with Crippen molar-refractivity contribution in [1.29, 1.82) is 0 Å². The van der Waals surface area contributed by atoms with E-state index in [1.807, 2.05) is 84.9 Å². The highest BCUT2D eigenvalue weighted by atomic mass is 79.9. The van der Waals surface area contributed by atoms with Crippen LogP contribution in [0.4, 0.5) is 5.69 Å². The lowest BCUT2D eigenvalue weighted by Gasteiger charge is -2.22. The number of benzene rings is 3. The summed E-state index contributed by atoms with van der Waals surface area (Å²) in [5.74, 6) is 0. The standard InChI is InChI=1S/C19H17BrN3OPS/c20-15-8-7-9-16(14-15)21-19(26)22-23-25(24,17-10-3-1-4-11-17)18-12-5-2-6-13-18/h1-14H,(H,23,24)(H2,21,22,26). The van der Waals surface area contributed by atoms with Gasteiger partial charge in [0.25, 0.3) is 0 Å². The largest absolute Gasteiger partial charge is 0.332 e. The molecule has 0 spiro atoms. The van der Waals surface area contributed by atoms with E-state index >= 15 is 0 Å². The molecule has 3 aromatic rings. The number of hydrazine groups is 1. The van der Waals surface area contributed by atoms with Crippen molar-refractivity contribution >= 4 is 56.8 Å². The molecule has 0 radical (unpaired) electrons. The van der Waals surface area contributed by atoms with Crippen LogP contribution in [-0.2, 0) is 4.57 Å². The topological polar surface area (TPSA) is 53.2 Å². The van der Waals surface area contributed by atoms with Gasteiger partial charge in [-0.25, -0.2) is 0 Å². The van der Waals surface area contributed by atoms with Gasteiger partial charge in [0.2, 0.25) is 7.29 Å². The van der Waals surface area contributed by atoms with E-state index in [-0.39, 0.29) is 0 Å². The molecule has 0 amide bonds. The number of halogens is 1. The molecular weight excluding hydrogens is 429 g/mol. The van der Waals surface area contributed by atoms with Crippen molar-refractivity contribution < 1.29 is 4.57 Å². The third-order valence-electron chi connectivity index (χ3n) is 3.65. The predicted molar refractivity (Wildman–Crippen MR) is 116 cm³/mol. The van der Waals surface area contributed by atoms with E-state index < -0.39 is 7.29 Å². The molecule has 0 aromatic heterocycles. The summed E-state index contributed by atoms with van der Waals surface area (Å²) in [4.78, 5) is 0. The van der Waals surface area contributed by atoms with Crippen molar-refractivity contribution in [1.82, 2.24) is 10.6 Å². The Balaban J connectivity index is 1.79. The first kappa shape index (κ1) is 18.8. The molecule has 132 valence electrons. The van der Waals surface area contributed by atoms with Crippen LogP contribution in [0.1, 0.15) is 0 Å². The van der Waals surface area contributed by atoms with Gasteiger partial charge in [-0.2, -0.15) is 5.20 Å². The monoisotopic (exact) mass is 445 g/mol. The lowest BCUT2D eigenvalue weighted by molar-refractivity contribution is 0.575. The van der Waals surface area contributed by atoms with Crippen LogP contribution in [0, 0.1) is 0 Å². The number of anilines is 1. The molecule has 0 aliphatic rings. The van der Waals surface area contributed by atoms with Crippen LogP contribution in [0.5, 0.6) is 0 Å². The average Bonchev–Trinajstić information content (AvgIpc) is 2.67. The molecule has 4 nitrogen and oxygen atoms in total. The molecule has 0 aliphatic carbocycles. The van der Waals surface area contributed by atoms with Crippen molar-refractivity contribution in [2.24, 2.45) is 0 Å². The minimum Gasteiger partial charge on any atom is -0.332 e. The van der Waals surface area contributed by atoms with Gasteiger partial charge in [-0.05, 0) is 54.7 Å². The van der Waals surface area contributed by atoms with Crippen molar-refractivity contribution in [2.45, 2.75) is 0 Å². The quantitative estimate of drug-likeness (QED) is 0.312. The van der Waals surface area contributed by atoms with Crippen LogP contribution in [0.15, 0.2) is 89.4 Å². The highest BCUT2D eigenvalue weighted by Gasteiger charge is 2.27. The molecule has 0 aliphatic heterocycles. The molecule has 7 heteroatoms. The number of hydrogen-bond donors (Lipinski definition) is 3. The fourth-order valence-electron chi connectivity index (χ4n) is 2.41. The molecule has 3 rings (SSSR count). The van der Waals surface area contributed by atoms with Gasteiger partial charge in [0.05, 0.1) is 0 Å². The summed E-state index contributed by atoms with van der Waals surface area (Å²) in [6.07, 6.45) is 0. The van der Waals surface area contributed by atoms with E-state index in [0.29, 0.717) is 15.7 Å². The highest BCUT2D eigenvalue weighted by molar-refractivity contribution is 9.10. The maximum Gasteiger partial charge on any atom is 0.221 e. The summed E-state index contributed by atoms with van der Waals surface area (Å²) in [5, 5.41) is 7.74. The third-order valence-corrected chi connectivity index (χ3v) is 6.82. The number of rotatable bonds is 5. The van der Waals surface area contributed by atoms with Gasteiger partial charge in [-0.1, -0.05) is 58.4 Å². The molecule has 0 heterocycles. The number of hydrogen-bond acceptors (Lipinski definition) is 2. The van der Waals surface area contributed by atoms with Crippen LogP contribution >= 0.6 is 35.4 Å². The van der Waals surface area contributed by atoms with Crippen molar-refractivity contribution in [3.8, 4) is 0 Å². The first-order valence-electron chi connectivity index (χ1n) is 7.89. The molecule has 0 unspecified atom stereocenters.